The fourth-order valence-corrected chi connectivity index (χ4v) is 3.74. The average Bonchev–Trinajstić information content (AvgIpc) is 2.73. The van der Waals surface area contributed by atoms with Crippen LogP contribution in [0, 0.1) is 5.92 Å². The molecule has 3 rings (SSSR count). The van der Waals surface area contributed by atoms with Gasteiger partial charge in [0, 0.05) is 18.3 Å². The van der Waals surface area contributed by atoms with Crippen LogP contribution in [0.25, 0.3) is 0 Å². The first-order valence-electron chi connectivity index (χ1n) is 11.0. The molecule has 1 atom stereocenters. The summed E-state index contributed by atoms with van der Waals surface area (Å²) in [4.78, 5) is 36.9. The van der Waals surface area contributed by atoms with E-state index < -0.39 is 11.6 Å². The van der Waals surface area contributed by atoms with Crippen LogP contribution in [0.2, 0.25) is 0 Å². The Hall–Kier alpha value is -3.23. The normalized spacial score (nSPS) is 15.5. The summed E-state index contributed by atoms with van der Waals surface area (Å²) in [7, 11) is 0. The molecule has 1 aliphatic rings. The largest absolute Gasteiger partial charge is 0.458 e. The van der Waals surface area contributed by atoms with E-state index in [1.807, 2.05) is 32.9 Å². The Morgan fingerprint density at radius 2 is 1.62 bits per heavy atom. The number of esters is 1. The van der Waals surface area contributed by atoms with Gasteiger partial charge in [0.1, 0.15) is 18.0 Å². The van der Waals surface area contributed by atoms with E-state index in [0.29, 0.717) is 17.6 Å². The molecule has 0 saturated heterocycles. The second kappa shape index (κ2) is 10.4. The van der Waals surface area contributed by atoms with E-state index in [4.69, 9.17) is 4.74 Å². The highest BCUT2D eigenvalue weighted by Gasteiger charge is 2.33. The van der Waals surface area contributed by atoms with Gasteiger partial charge in [0.2, 0.25) is 17.8 Å². The number of ether oxygens (including phenoxy) is 1. The van der Waals surface area contributed by atoms with Gasteiger partial charge in [-0.2, -0.15) is 4.98 Å². The van der Waals surface area contributed by atoms with E-state index in [-0.39, 0.29) is 17.8 Å². The summed E-state index contributed by atoms with van der Waals surface area (Å²) in [5.74, 6) is 0.428. The maximum absolute atomic E-state index is 12.9. The smallest absolute Gasteiger partial charge is 0.329 e. The van der Waals surface area contributed by atoms with Crippen molar-refractivity contribution in [1.29, 1.82) is 0 Å². The lowest BCUT2D eigenvalue weighted by Crippen LogP contribution is -2.42. The van der Waals surface area contributed by atoms with Crippen molar-refractivity contribution in [3.8, 4) is 0 Å². The summed E-state index contributed by atoms with van der Waals surface area (Å²) < 4.78 is 5.67. The van der Waals surface area contributed by atoms with E-state index in [2.05, 4.69) is 30.9 Å². The van der Waals surface area contributed by atoms with E-state index >= 15 is 0 Å². The van der Waals surface area contributed by atoms with Crippen LogP contribution >= 0.6 is 0 Å². The van der Waals surface area contributed by atoms with Crippen molar-refractivity contribution < 1.29 is 14.3 Å². The lowest BCUT2D eigenvalue weighted by atomic mass is 9.84. The predicted molar refractivity (Wildman–Crippen MR) is 124 cm³/mol. The van der Waals surface area contributed by atoms with Gasteiger partial charge in [-0.3, -0.25) is 4.79 Å². The van der Waals surface area contributed by atoms with Crippen LogP contribution in [0.1, 0.15) is 59.8 Å². The highest BCUT2D eigenvalue weighted by molar-refractivity contribution is 5.88. The lowest BCUT2D eigenvalue weighted by molar-refractivity contribution is -0.157. The summed E-state index contributed by atoms with van der Waals surface area (Å²) >= 11 is 0. The zero-order valence-corrected chi connectivity index (χ0v) is 19.1. The molecule has 3 N–H and O–H groups in total. The molecule has 1 heterocycles. The second-order valence-electron chi connectivity index (χ2n) is 9.07. The maximum atomic E-state index is 12.9. The van der Waals surface area contributed by atoms with Crippen molar-refractivity contribution in [2.75, 3.05) is 16.0 Å². The van der Waals surface area contributed by atoms with Crippen molar-refractivity contribution in [3.05, 3.63) is 30.6 Å². The van der Waals surface area contributed by atoms with Gasteiger partial charge < -0.3 is 20.7 Å². The van der Waals surface area contributed by atoms with Crippen molar-refractivity contribution in [2.24, 2.45) is 5.92 Å². The Bertz CT molecular complexity index is 920. The maximum Gasteiger partial charge on any atom is 0.329 e. The van der Waals surface area contributed by atoms with Crippen LogP contribution in [-0.4, -0.2) is 38.5 Å². The van der Waals surface area contributed by atoms with Gasteiger partial charge in [0.25, 0.3) is 0 Å². The van der Waals surface area contributed by atoms with E-state index in [1.165, 1.54) is 19.7 Å². The summed E-state index contributed by atoms with van der Waals surface area (Å²) in [6, 6.07) is 6.68. The highest BCUT2D eigenvalue weighted by atomic mass is 16.6. The number of anilines is 4. The monoisotopic (exact) mass is 440 g/mol. The minimum Gasteiger partial charge on any atom is -0.458 e. The number of carbonyl (C=O) groups excluding carboxylic acids is 2. The summed E-state index contributed by atoms with van der Waals surface area (Å²) in [6.07, 6.45) is 6.73. The molecule has 0 radical (unpaired) electrons. The summed E-state index contributed by atoms with van der Waals surface area (Å²) in [6.45, 7) is 7.06. The molecule has 2 aromatic rings. The Kier molecular flexibility index (Phi) is 7.61. The molecule has 9 heteroatoms. The fraction of sp³-hybridized carbons (Fsp3) is 0.522. The van der Waals surface area contributed by atoms with Crippen LogP contribution in [0.4, 0.5) is 23.3 Å². The van der Waals surface area contributed by atoms with Gasteiger partial charge in [-0.25, -0.2) is 14.8 Å². The van der Waals surface area contributed by atoms with Crippen LogP contribution in [0.3, 0.4) is 0 Å². The zero-order valence-electron chi connectivity index (χ0n) is 19.1. The molecule has 9 nitrogen and oxygen atoms in total. The molecule has 0 unspecified atom stereocenters. The Balaban J connectivity index is 1.72. The number of aromatic nitrogens is 3. The zero-order chi connectivity index (χ0) is 23.1. The highest BCUT2D eigenvalue weighted by Crippen LogP contribution is 2.29. The van der Waals surface area contributed by atoms with Gasteiger partial charge in [-0.05, 0) is 63.8 Å². The van der Waals surface area contributed by atoms with Crippen LogP contribution in [0.15, 0.2) is 30.6 Å². The molecule has 172 valence electrons. The van der Waals surface area contributed by atoms with Crippen LogP contribution in [-0.2, 0) is 14.3 Å². The van der Waals surface area contributed by atoms with E-state index in [0.717, 1.165) is 31.4 Å². The number of rotatable bonds is 7. The third kappa shape index (κ3) is 7.18. The Morgan fingerprint density at radius 3 is 2.25 bits per heavy atom. The number of hydrogen-bond acceptors (Lipinski definition) is 8. The first kappa shape index (κ1) is 23.4. The van der Waals surface area contributed by atoms with Crippen LogP contribution < -0.4 is 16.0 Å². The average molecular weight is 441 g/mol. The quantitative estimate of drug-likeness (QED) is 0.546. The SMILES string of the molecule is CC(=O)Nc1ccc(Nc2ncnc(N[C@H](C(=O)OC(C)(C)C)C3CCCCC3)n2)cc1. The molecule has 1 saturated carbocycles. The number of amides is 1. The molecule has 32 heavy (non-hydrogen) atoms. The topological polar surface area (TPSA) is 118 Å². The molecule has 0 bridgehead atoms. The van der Waals surface area contributed by atoms with Gasteiger partial charge >= 0.3 is 5.97 Å². The van der Waals surface area contributed by atoms with Gasteiger partial charge in [-0.15, -0.1) is 0 Å². The molecule has 0 aliphatic heterocycles. The first-order valence-corrected chi connectivity index (χ1v) is 11.0. The Morgan fingerprint density at radius 1 is 1.00 bits per heavy atom. The second-order valence-corrected chi connectivity index (χ2v) is 9.07. The van der Waals surface area contributed by atoms with Gasteiger partial charge in [0.05, 0.1) is 0 Å². The third-order valence-corrected chi connectivity index (χ3v) is 5.10. The summed E-state index contributed by atoms with van der Waals surface area (Å²) in [5.41, 5.74) is 0.891. The molecule has 1 aromatic heterocycles. The summed E-state index contributed by atoms with van der Waals surface area (Å²) in [5, 5.41) is 9.04. The number of carbonyl (C=O) groups is 2. The molecule has 1 amide bonds. The standard InChI is InChI=1S/C23H32N6O3/c1-15(30)26-17-10-12-18(13-11-17)27-21-24-14-25-22(29-21)28-19(16-8-6-5-7-9-16)20(31)32-23(2,3)4/h10-14,16,19H,5-9H2,1-4H3,(H,26,30)(H2,24,25,27,28,29)/t19-/m0/s1. The first-order chi connectivity index (χ1) is 15.2. The molecule has 1 aliphatic carbocycles. The van der Waals surface area contributed by atoms with Gasteiger partial charge in [0.15, 0.2) is 0 Å². The predicted octanol–water partition coefficient (Wildman–Crippen LogP) is 4.28. The van der Waals surface area contributed by atoms with Crippen molar-refractivity contribution in [2.45, 2.75) is 71.4 Å². The van der Waals surface area contributed by atoms with E-state index in [9.17, 15) is 9.59 Å². The minimum absolute atomic E-state index is 0.128. The van der Waals surface area contributed by atoms with Crippen molar-refractivity contribution >= 4 is 35.1 Å². The lowest BCUT2D eigenvalue weighted by Gasteiger charge is -2.31. The molecule has 1 aromatic carbocycles. The fourth-order valence-electron chi connectivity index (χ4n) is 3.74. The molecule has 1 fully saturated rings. The third-order valence-electron chi connectivity index (χ3n) is 5.10. The van der Waals surface area contributed by atoms with Crippen molar-refractivity contribution in [3.63, 3.8) is 0 Å². The Labute approximate surface area is 188 Å². The number of hydrogen-bond donors (Lipinski definition) is 3. The van der Waals surface area contributed by atoms with E-state index in [1.54, 1.807) is 12.1 Å². The molecular weight excluding hydrogens is 408 g/mol. The van der Waals surface area contributed by atoms with Crippen molar-refractivity contribution in [1.82, 2.24) is 15.0 Å². The number of nitrogens with zero attached hydrogens (tertiary/aromatic N) is 3. The minimum atomic E-state index is -0.569. The van der Waals surface area contributed by atoms with Gasteiger partial charge in [-0.1, -0.05) is 19.3 Å². The molecular formula is C23H32N6O3. The molecule has 0 spiro atoms. The number of nitrogens with one attached hydrogen (secondary N) is 3. The number of benzene rings is 1. The van der Waals surface area contributed by atoms with Crippen LogP contribution in [0.5, 0.6) is 0 Å².